The van der Waals surface area contributed by atoms with E-state index in [1.54, 1.807) is 0 Å². The first kappa shape index (κ1) is 21.8. The molecule has 0 amide bonds. The number of nitrogens with zero attached hydrogens (tertiary/aromatic N) is 5. The summed E-state index contributed by atoms with van der Waals surface area (Å²) in [5.74, 6) is 0. The molecule has 1 fully saturated rings. The summed E-state index contributed by atoms with van der Waals surface area (Å²) in [5, 5.41) is 27.3. The summed E-state index contributed by atoms with van der Waals surface area (Å²) in [5.41, 5.74) is -9.50. The Hall–Kier alpha value is -3.40. The molecule has 13 heteroatoms. The van der Waals surface area contributed by atoms with Crippen molar-refractivity contribution in [1.82, 2.24) is 19.6 Å². The van der Waals surface area contributed by atoms with Crippen molar-refractivity contribution in [3.63, 3.8) is 0 Å². The molecule has 0 bridgehead atoms. The number of hydrogen-bond donors (Lipinski definition) is 1. The normalized spacial score (nSPS) is 16.7. The molecular formula is C19H13F6N5O2. The van der Waals surface area contributed by atoms with Crippen LogP contribution in [0.25, 0.3) is 10.9 Å². The average Bonchev–Trinajstić information content (AvgIpc) is 3.47. The first-order chi connectivity index (χ1) is 14.8. The largest absolute Gasteiger partial charge is 0.427 e. The van der Waals surface area contributed by atoms with E-state index in [1.165, 1.54) is 6.07 Å². The van der Waals surface area contributed by atoms with E-state index in [4.69, 9.17) is 5.26 Å². The molecule has 32 heavy (non-hydrogen) atoms. The van der Waals surface area contributed by atoms with E-state index < -0.39 is 51.3 Å². The lowest BCUT2D eigenvalue weighted by molar-refractivity contribution is -0.250. The van der Waals surface area contributed by atoms with E-state index in [-0.39, 0.29) is 11.6 Å². The molecule has 2 aromatic heterocycles. The Morgan fingerprint density at radius 2 is 1.84 bits per heavy atom. The quantitative estimate of drug-likeness (QED) is 0.610. The van der Waals surface area contributed by atoms with Gasteiger partial charge in [-0.3, -0.25) is 9.48 Å². The highest BCUT2D eigenvalue weighted by Crippen LogP contribution is 2.47. The van der Waals surface area contributed by atoms with Gasteiger partial charge >= 0.3 is 12.4 Å². The van der Waals surface area contributed by atoms with Gasteiger partial charge in [0.25, 0.3) is 5.56 Å². The standard InChI is InChI=1S/C19H13F6N5O2/c1-29-15(12-8-27-30(11-3-4-11)16(31)14(12)28-29)17(32,19(23,24)25)10-2-5-13(18(20,21)22)9(6-10)7-26/h2,5-6,8,11,32H,3-4H2,1H3/t17-/m0/s1. The Bertz CT molecular complexity index is 1330. The second-order valence-electron chi connectivity index (χ2n) is 7.44. The number of nitriles is 1. The van der Waals surface area contributed by atoms with Crippen molar-refractivity contribution in [1.29, 1.82) is 5.26 Å². The van der Waals surface area contributed by atoms with Gasteiger partial charge in [0.2, 0.25) is 5.60 Å². The van der Waals surface area contributed by atoms with Crippen LogP contribution >= 0.6 is 0 Å². The third-order valence-corrected chi connectivity index (χ3v) is 5.31. The van der Waals surface area contributed by atoms with Gasteiger partial charge in [0.1, 0.15) is 0 Å². The van der Waals surface area contributed by atoms with Gasteiger partial charge in [0.05, 0.1) is 40.5 Å². The fourth-order valence-electron chi connectivity index (χ4n) is 3.65. The van der Waals surface area contributed by atoms with Crippen molar-refractivity contribution in [2.75, 3.05) is 0 Å². The van der Waals surface area contributed by atoms with Crippen molar-refractivity contribution in [2.24, 2.45) is 7.05 Å². The molecule has 0 aliphatic heterocycles. The van der Waals surface area contributed by atoms with Gasteiger partial charge in [-0.1, -0.05) is 6.07 Å². The van der Waals surface area contributed by atoms with Gasteiger partial charge < -0.3 is 5.11 Å². The van der Waals surface area contributed by atoms with Gasteiger partial charge in [0.15, 0.2) is 5.52 Å². The molecule has 0 radical (unpaired) electrons. The number of alkyl halides is 6. The van der Waals surface area contributed by atoms with Crippen LogP contribution in [0.1, 0.15) is 41.3 Å². The minimum absolute atomic E-state index is 0.188. The summed E-state index contributed by atoms with van der Waals surface area (Å²) in [4.78, 5) is 12.6. The van der Waals surface area contributed by atoms with Crippen molar-refractivity contribution >= 4 is 10.9 Å². The van der Waals surface area contributed by atoms with E-state index in [9.17, 15) is 36.2 Å². The van der Waals surface area contributed by atoms with E-state index in [0.717, 1.165) is 17.9 Å². The van der Waals surface area contributed by atoms with E-state index in [2.05, 4.69) is 10.2 Å². The molecule has 0 unspecified atom stereocenters. The average molecular weight is 457 g/mol. The van der Waals surface area contributed by atoms with Crippen molar-refractivity contribution < 1.29 is 31.4 Å². The molecule has 1 saturated carbocycles. The lowest BCUT2D eigenvalue weighted by Gasteiger charge is -2.31. The van der Waals surface area contributed by atoms with Gasteiger partial charge in [0, 0.05) is 12.6 Å². The first-order valence-electron chi connectivity index (χ1n) is 9.16. The molecule has 7 nitrogen and oxygen atoms in total. The summed E-state index contributed by atoms with van der Waals surface area (Å²) >= 11 is 0. The number of aliphatic hydroxyl groups is 1. The third kappa shape index (κ3) is 3.13. The number of aromatic nitrogens is 4. The van der Waals surface area contributed by atoms with Crippen LogP contribution in [0.2, 0.25) is 0 Å². The molecule has 1 N–H and O–H groups in total. The van der Waals surface area contributed by atoms with Crippen LogP contribution in [0.3, 0.4) is 0 Å². The van der Waals surface area contributed by atoms with Crippen LogP contribution in [0.5, 0.6) is 0 Å². The molecule has 1 aliphatic carbocycles. The van der Waals surface area contributed by atoms with Crippen LogP contribution in [0.15, 0.2) is 29.2 Å². The Morgan fingerprint density at radius 1 is 1.19 bits per heavy atom. The number of benzene rings is 1. The molecule has 2 heterocycles. The van der Waals surface area contributed by atoms with Crippen LogP contribution in [0, 0.1) is 11.3 Å². The van der Waals surface area contributed by atoms with Crippen LogP contribution in [-0.2, 0) is 18.8 Å². The van der Waals surface area contributed by atoms with Gasteiger partial charge in [-0.05, 0) is 25.0 Å². The Balaban J connectivity index is 2.01. The minimum Gasteiger partial charge on any atom is -0.371 e. The molecule has 168 valence electrons. The highest BCUT2D eigenvalue weighted by atomic mass is 19.4. The zero-order valence-corrected chi connectivity index (χ0v) is 16.2. The molecular weight excluding hydrogens is 444 g/mol. The van der Waals surface area contributed by atoms with Crippen LogP contribution < -0.4 is 5.56 Å². The van der Waals surface area contributed by atoms with Crippen LogP contribution in [-0.4, -0.2) is 30.8 Å². The molecule has 0 saturated heterocycles. The van der Waals surface area contributed by atoms with Crippen molar-refractivity contribution in [2.45, 2.75) is 36.8 Å². The second-order valence-corrected chi connectivity index (χ2v) is 7.44. The number of halogens is 6. The highest BCUT2D eigenvalue weighted by molar-refractivity contribution is 5.81. The lowest BCUT2D eigenvalue weighted by Crippen LogP contribution is -2.45. The smallest absolute Gasteiger partial charge is 0.371 e. The maximum Gasteiger partial charge on any atom is 0.427 e. The fraction of sp³-hybridized carbons (Fsp3) is 0.368. The maximum absolute atomic E-state index is 14.2. The number of fused-ring (bicyclic) bond motifs is 1. The number of aryl methyl sites for hydroxylation is 1. The summed E-state index contributed by atoms with van der Waals surface area (Å²) in [7, 11) is 1.06. The summed E-state index contributed by atoms with van der Waals surface area (Å²) in [6, 6.07) is 2.08. The SMILES string of the molecule is Cn1nc2c(=O)n(C3CC3)ncc2c1[C@@](O)(c1ccc(C(F)(F)F)c(C#N)c1)C(F)(F)F. The number of rotatable bonds is 3. The second kappa shape index (κ2) is 6.80. The van der Waals surface area contributed by atoms with Crippen LogP contribution in [0.4, 0.5) is 26.3 Å². The molecule has 1 aliphatic rings. The van der Waals surface area contributed by atoms with E-state index in [1.807, 2.05) is 0 Å². The molecule has 3 aromatic rings. The Kier molecular flexibility index (Phi) is 4.63. The van der Waals surface area contributed by atoms with Gasteiger partial charge in [-0.25, -0.2) is 4.68 Å². The lowest BCUT2D eigenvalue weighted by atomic mass is 9.86. The van der Waals surface area contributed by atoms with E-state index >= 15 is 0 Å². The third-order valence-electron chi connectivity index (χ3n) is 5.31. The van der Waals surface area contributed by atoms with Gasteiger partial charge in [-0.2, -0.15) is 41.8 Å². The summed E-state index contributed by atoms with van der Waals surface area (Å²) < 4.78 is 83.8. The highest BCUT2D eigenvalue weighted by Gasteiger charge is 2.59. The molecule has 1 atom stereocenters. The predicted molar refractivity (Wildman–Crippen MR) is 96.3 cm³/mol. The maximum atomic E-state index is 14.2. The fourth-order valence-corrected chi connectivity index (χ4v) is 3.65. The first-order valence-corrected chi connectivity index (χ1v) is 9.16. The topological polar surface area (TPSA) is 96.7 Å². The monoisotopic (exact) mass is 457 g/mol. The minimum atomic E-state index is -5.45. The van der Waals surface area contributed by atoms with Gasteiger partial charge in [-0.15, -0.1) is 0 Å². The summed E-state index contributed by atoms with van der Waals surface area (Å²) in [6.07, 6.45) is -8.13. The van der Waals surface area contributed by atoms with Crippen molar-refractivity contribution in [3.8, 4) is 6.07 Å². The molecule has 1 aromatic carbocycles. The van der Waals surface area contributed by atoms with Crippen molar-refractivity contribution in [3.05, 3.63) is 57.1 Å². The predicted octanol–water partition coefficient (Wildman–Crippen LogP) is 3.15. The molecule has 4 rings (SSSR count). The Labute approximate surface area is 175 Å². The zero-order valence-electron chi connectivity index (χ0n) is 16.2. The molecule has 0 spiro atoms. The summed E-state index contributed by atoms with van der Waals surface area (Å²) in [6.45, 7) is 0. The van der Waals surface area contributed by atoms with E-state index in [0.29, 0.717) is 35.7 Å². The number of hydrogen-bond acceptors (Lipinski definition) is 5. The Morgan fingerprint density at radius 3 is 2.38 bits per heavy atom. The zero-order chi connectivity index (χ0) is 23.6.